The lowest BCUT2D eigenvalue weighted by molar-refractivity contribution is -0.115. The molecular weight excluding hydrogens is 264 g/mol. The van der Waals surface area contributed by atoms with Crippen molar-refractivity contribution in [3.8, 4) is 0 Å². The lowest BCUT2D eigenvalue weighted by Crippen LogP contribution is -2.28. The van der Waals surface area contributed by atoms with E-state index in [1.165, 1.54) is 0 Å². The molecule has 0 radical (unpaired) electrons. The Morgan fingerprint density at radius 1 is 1.32 bits per heavy atom. The number of ether oxygens (including phenoxy) is 1. The van der Waals surface area contributed by atoms with E-state index in [1.54, 1.807) is 25.3 Å². The lowest BCUT2D eigenvalue weighted by Gasteiger charge is -2.07. The van der Waals surface area contributed by atoms with Gasteiger partial charge in [0.1, 0.15) is 0 Å². The van der Waals surface area contributed by atoms with Gasteiger partial charge >= 0.3 is 0 Å². The molecule has 0 unspecified atom stereocenters. The monoisotopic (exact) mass is 284 g/mol. The minimum Gasteiger partial charge on any atom is -0.385 e. The van der Waals surface area contributed by atoms with Crippen molar-refractivity contribution in [3.63, 3.8) is 0 Å². The summed E-state index contributed by atoms with van der Waals surface area (Å²) in [5.41, 5.74) is 0.722. The van der Waals surface area contributed by atoms with Crippen LogP contribution in [0, 0.1) is 0 Å². The third kappa shape index (κ3) is 7.82. The summed E-state index contributed by atoms with van der Waals surface area (Å²) >= 11 is 5.84. The van der Waals surface area contributed by atoms with E-state index in [9.17, 15) is 4.79 Å². The van der Waals surface area contributed by atoms with Crippen LogP contribution >= 0.6 is 11.6 Å². The van der Waals surface area contributed by atoms with Crippen molar-refractivity contribution >= 4 is 23.2 Å². The van der Waals surface area contributed by atoms with E-state index >= 15 is 0 Å². The van der Waals surface area contributed by atoms with Crippen molar-refractivity contribution in [1.29, 1.82) is 0 Å². The van der Waals surface area contributed by atoms with Gasteiger partial charge in [-0.3, -0.25) is 4.79 Å². The highest BCUT2D eigenvalue weighted by molar-refractivity contribution is 6.30. The number of methoxy groups -OCH3 is 1. The highest BCUT2D eigenvalue weighted by atomic mass is 35.5. The molecule has 1 aromatic carbocycles. The maximum Gasteiger partial charge on any atom is 0.238 e. The summed E-state index contributed by atoms with van der Waals surface area (Å²) in [5, 5.41) is 6.51. The number of nitrogens with one attached hydrogen (secondary N) is 2. The van der Waals surface area contributed by atoms with Crippen LogP contribution in [0.5, 0.6) is 0 Å². The maximum absolute atomic E-state index is 11.6. The molecule has 1 amide bonds. The molecule has 4 nitrogen and oxygen atoms in total. The quantitative estimate of drug-likeness (QED) is 0.686. The second kappa shape index (κ2) is 9.78. The first-order valence-electron chi connectivity index (χ1n) is 6.47. The number of anilines is 1. The molecule has 0 aliphatic rings. The Hall–Kier alpha value is -1.10. The first-order chi connectivity index (χ1) is 9.22. The van der Waals surface area contributed by atoms with Crippen molar-refractivity contribution < 1.29 is 9.53 Å². The second-order valence-corrected chi connectivity index (χ2v) is 4.73. The van der Waals surface area contributed by atoms with Crippen LogP contribution in [0.25, 0.3) is 0 Å². The van der Waals surface area contributed by atoms with Gasteiger partial charge in [-0.2, -0.15) is 0 Å². The number of carbonyl (C=O) groups excluding carboxylic acids is 1. The molecule has 0 bridgehead atoms. The van der Waals surface area contributed by atoms with E-state index in [4.69, 9.17) is 16.3 Å². The number of hydrogen-bond acceptors (Lipinski definition) is 3. The SMILES string of the molecule is COCCCCCNCC(=O)Nc1cccc(Cl)c1. The van der Waals surface area contributed by atoms with Crippen LogP contribution in [0.4, 0.5) is 5.69 Å². The van der Waals surface area contributed by atoms with E-state index in [0.717, 1.165) is 38.1 Å². The largest absolute Gasteiger partial charge is 0.385 e. The van der Waals surface area contributed by atoms with Crippen molar-refractivity contribution in [2.24, 2.45) is 0 Å². The highest BCUT2D eigenvalue weighted by Gasteiger charge is 2.01. The van der Waals surface area contributed by atoms with E-state index in [1.807, 2.05) is 6.07 Å². The molecular formula is C14H21ClN2O2. The van der Waals surface area contributed by atoms with Gasteiger partial charge < -0.3 is 15.4 Å². The van der Waals surface area contributed by atoms with Crippen LogP contribution in [-0.2, 0) is 9.53 Å². The summed E-state index contributed by atoms with van der Waals surface area (Å²) in [6.07, 6.45) is 3.22. The average Bonchev–Trinajstić information content (AvgIpc) is 2.37. The van der Waals surface area contributed by atoms with E-state index in [0.29, 0.717) is 11.6 Å². The lowest BCUT2D eigenvalue weighted by atomic mass is 10.2. The van der Waals surface area contributed by atoms with Crippen molar-refractivity contribution in [3.05, 3.63) is 29.3 Å². The van der Waals surface area contributed by atoms with Crippen LogP contribution in [0.3, 0.4) is 0 Å². The van der Waals surface area contributed by atoms with Crippen LogP contribution in [0.15, 0.2) is 24.3 Å². The summed E-state index contributed by atoms with van der Waals surface area (Å²) in [4.78, 5) is 11.6. The van der Waals surface area contributed by atoms with Crippen molar-refractivity contribution in [2.45, 2.75) is 19.3 Å². The van der Waals surface area contributed by atoms with Gasteiger partial charge in [0.25, 0.3) is 0 Å². The van der Waals surface area contributed by atoms with E-state index in [-0.39, 0.29) is 5.91 Å². The first-order valence-corrected chi connectivity index (χ1v) is 6.85. The average molecular weight is 285 g/mol. The molecule has 1 rings (SSSR count). The van der Waals surface area contributed by atoms with Gasteiger partial charge in [-0.1, -0.05) is 17.7 Å². The van der Waals surface area contributed by atoms with Crippen molar-refractivity contribution in [2.75, 3.05) is 32.1 Å². The number of halogens is 1. The maximum atomic E-state index is 11.6. The Labute approximate surface area is 119 Å². The summed E-state index contributed by atoms with van der Waals surface area (Å²) in [6, 6.07) is 7.12. The summed E-state index contributed by atoms with van der Waals surface area (Å²) in [6.45, 7) is 1.96. The molecule has 106 valence electrons. The Kier molecular flexibility index (Phi) is 8.21. The van der Waals surface area contributed by atoms with E-state index in [2.05, 4.69) is 10.6 Å². The highest BCUT2D eigenvalue weighted by Crippen LogP contribution is 2.14. The molecule has 1 aromatic rings. The minimum atomic E-state index is -0.0563. The van der Waals surface area contributed by atoms with Crippen LogP contribution < -0.4 is 10.6 Å². The fourth-order valence-corrected chi connectivity index (χ4v) is 1.84. The molecule has 0 fully saturated rings. The Balaban J connectivity index is 2.08. The molecule has 0 aliphatic heterocycles. The Morgan fingerprint density at radius 2 is 2.16 bits per heavy atom. The molecule has 0 aromatic heterocycles. The van der Waals surface area contributed by atoms with Gasteiger partial charge in [0.05, 0.1) is 6.54 Å². The predicted octanol–water partition coefficient (Wildman–Crippen LogP) is 2.68. The molecule has 0 heterocycles. The van der Waals surface area contributed by atoms with Gasteiger partial charge in [-0.15, -0.1) is 0 Å². The van der Waals surface area contributed by atoms with Crippen LogP contribution in [-0.4, -0.2) is 32.7 Å². The Bertz CT molecular complexity index is 385. The molecule has 0 spiro atoms. The summed E-state index contributed by atoms with van der Waals surface area (Å²) in [7, 11) is 1.71. The van der Waals surface area contributed by atoms with Crippen LogP contribution in [0.1, 0.15) is 19.3 Å². The van der Waals surface area contributed by atoms with Crippen LogP contribution in [0.2, 0.25) is 5.02 Å². The number of unbranched alkanes of at least 4 members (excludes halogenated alkanes) is 2. The molecule has 19 heavy (non-hydrogen) atoms. The van der Waals surface area contributed by atoms with Gasteiger partial charge in [-0.25, -0.2) is 0 Å². The number of hydrogen-bond donors (Lipinski definition) is 2. The topological polar surface area (TPSA) is 50.4 Å². The zero-order valence-corrected chi connectivity index (χ0v) is 12.0. The smallest absolute Gasteiger partial charge is 0.238 e. The molecule has 0 atom stereocenters. The molecule has 0 aliphatic carbocycles. The van der Waals surface area contributed by atoms with Gasteiger partial charge in [0, 0.05) is 24.4 Å². The molecule has 2 N–H and O–H groups in total. The normalized spacial score (nSPS) is 10.4. The number of rotatable bonds is 9. The molecule has 0 saturated carbocycles. The summed E-state index contributed by atoms with van der Waals surface area (Å²) < 4.78 is 4.97. The van der Waals surface area contributed by atoms with Gasteiger partial charge in [0.2, 0.25) is 5.91 Å². The van der Waals surface area contributed by atoms with Gasteiger partial charge in [-0.05, 0) is 44.0 Å². The fraction of sp³-hybridized carbons (Fsp3) is 0.500. The van der Waals surface area contributed by atoms with Crippen molar-refractivity contribution in [1.82, 2.24) is 5.32 Å². The molecule has 5 heteroatoms. The second-order valence-electron chi connectivity index (χ2n) is 4.29. The zero-order valence-electron chi connectivity index (χ0n) is 11.2. The molecule has 0 saturated heterocycles. The zero-order chi connectivity index (χ0) is 13.9. The standard InChI is InChI=1S/C14H21ClN2O2/c1-19-9-4-2-3-8-16-11-14(18)17-13-7-5-6-12(15)10-13/h5-7,10,16H,2-4,8-9,11H2,1H3,(H,17,18). The third-order valence-corrected chi connectivity index (χ3v) is 2.83. The van der Waals surface area contributed by atoms with E-state index < -0.39 is 0 Å². The number of carbonyl (C=O) groups is 1. The van der Waals surface area contributed by atoms with Gasteiger partial charge in [0.15, 0.2) is 0 Å². The fourth-order valence-electron chi connectivity index (χ4n) is 1.65. The minimum absolute atomic E-state index is 0.0563. The summed E-state index contributed by atoms with van der Waals surface area (Å²) in [5.74, 6) is -0.0563. The number of benzene rings is 1. The third-order valence-electron chi connectivity index (χ3n) is 2.60. The first kappa shape index (κ1) is 16.0. The number of amides is 1. The predicted molar refractivity (Wildman–Crippen MR) is 78.7 cm³/mol. The Morgan fingerprint density at radius 3 is 2.89 bits per heavy atom.